The van der Waals surface area contributed by atoms with Gasteiger partial charge in [0.25, 0.3) is 0 Å². The van der Waals surface area contributed by atoms with Crippen molar-refractivity contribution in [1.29, 1.82) is 0 Å². The van der Waals surface area contributed by atoms with E-state index in [1.807, 2.05) is 57.2 Å². The summed E-state index contributed by atoms with van der Waals surface area (Å²) in [6.45, 7) is 5.92. The standard InChI is InChI=1S/C16H18O2/c1-11(2)18-16-7-5-4-6-14(16)13-8-9-15(17)12(3)10-13/h4-11,17H,1-3H3. The monoisotopic (exact) mass is 242 g/mol. The van der Waals surface area contributed by atoms with E-state index in [1.54, 1.807) is 6.07 Å². The second-order valence-corrected chi connectivity index (χ2v) is 4.66. The molecule has 0 saturated heterocycles. The molecule has 2 aromatic carbocycles. The van der Waals surface area contributed by atoms with E-state index in [-0.39, 0.29) is 6.10 Å². The van der Waals surface area contributed by atoms with Crippen molar-refractivity contribution in [2.45, 2.75) is 26.9 Å². The summed E-state index contributed by atoms with van der Waals surface area (Å²) in [5, 5.41) is 9.57. The van der Waals surface area contributed by atoms with Crippen LogP contribution in [0, 0.1) is 6.92 Å². The number of hydrogen-bond donors (Lipinski definition) is 1. The van der Waals surface area contributed by atoms with Gasteiger partial charge in [0.1, 0.15) is 11.5 Å². The van der Waals surface area contributed by atoms with E-state index in [9.17, 15) is 5.11 Å². The quantitative estimate of drug-likeness (QED) is 0.876. The molecule has 2 rings (SSSR count). The van der Waals surface area contributed by atoms with Gasteiger partial charge in [-0.1, -0.05) is 24.3 Å². The topological polar surface area (TPSA) is 29.5 Å². The van der Waals surface area contributed by atoms with E-state index in [0.717, 1.165) is 22.4 Å². The second-order valence-electron chi connectivity index (χ2n) is 4.66. The molecule has 0 saturated carbocycles. The maximum atomic E-state index is 9.57. The Balaban J connectivity index is 2.46. The highest BCUT2D eigenvalue weighted by atomic mass is 16.5. The molecule has 2 aromatic rings. The Bertz CT molecular complexity index is 545. The molecule has 0 aromatic heterocycles. The molecule has 0 aliphatic carbocycles. The Morgan fingerprint density at radius 1 is 1.06 bits per heavy atom. The molecule has 0 fully saturated rings. The van der Waals surface area contributed by atoms with E-state index in [0.29, 0.717) is 5.75 Å². The summed E-state index contributed by atoms with van der Waals surface area (Å²) in [7, 11) is 0. The summed E-state index contributed by atoms with van der Waals surface area (Å²) >= 11 is 0. The number of aryl methyl sites for hydroxylation is 1. The van der Waals surface area contributed by atoms with Crippen LogP contribution in [-0.2, 0) is 0 Å². The van der Waals surface area contributed by atoms with Crippen LogP contribution in [0.1, 0.15) is 19.4 Å². The van der Waals surface area contributed by atoms with Gasteiger partial charge in [-0.3, -0.25) is 0 Å². The second kappa shape index (κ2) is 5.13. The molecule has 0 radical (unpaired) electrons. The zero-order valence-corrected chi connectivity index (χ0v) is 11.0. The summed E-state index contributed by atoms with van der Waals surface area (Å²) in [5.74, 6) is 1.19. The highest BCUT2D eigenvalue weighted by molar-refractivity contribution is 5.71. The Hall–Kier alpha value is -1.96. The molecule has 0 amide bonds. The Morgan fingerprint density at radius 3 is 2.44 bits per heavy atom. The van der Waals surface area contributed by atoms with Crippen LogP contribution in [0.2, 0.25) is 0 Å². The molecule has 2 heteroatoms. The number of para-hydroxylation sites is 1. The van der Waals surface area contributed by atoms with Crippen LogP contribution in [0.25, 0.3) is 11.1 Å². The van der Waals surface area contributed by atoms with E-state index in [4.69, 9.17) is 4.74 Å². The Morgan fingerprint density at radius 2 is 1.78 bits per heavy atom. The van der Waals surface area contributed by atoms with Crippen molar-refractivity contribution < 1.29 is 9.84 Å². The van der Waals surface area contributed by atoms with Crippen LogP contribution in [0.3, 0.4) is 0 Å². The molecule has 18 heavy (non-hydrogen) atoms. The van der Waals surface area contributed by atoms with E-state index in [2.05, 4.69) is 0 Å². The maximum absolute atomic E-state index is 9.57. The molecule has 2 nitrogen and oxygen atoms in total. The third-order valence-electron chi connectivity index (χ3n) is 2.76. The van der Waals surface area contributed by atoms with Crippen LogP contribution in [0.4, 0.5) is 0 Å². The lowest BCUT2D eigenvalue weighted by Crippen LogP contribution is -2.06. The van der Waals surface area contributed by atoms with Crippen LogP contribution in [-0.4, -0.2) is 11.2 Å². The van der Waals surface area contributed by atoms with Crippen LogP contribution >= 0.6 is 0 Å². The third-order valence-corrected chi connectivity index (χ3v) is 2.76. The fourth-order valence-electron chi connectivity index (χ4n) is 1.88. The summed E-state index contributed by atoms with van der Waals surface area (Å²) in [5.41, 5.74) is 2.97. The highest BCUT2D eigenvalue weighted by Gasteiger charge is 2.08. The van der Waals surface area contributed by atoms with Gasteiger partial charge in [0.15, 0.2) is 0 Å². The molecule has 0 aliphatic heterocycles. The number of phenolic OH excluding ortho intramolecular Hbond substituents is 1. The van der Waals surface area contributed by atoms with Gasteiger partial charge in [-0.2, -0.15) is 0 Å². The zero-order valence-electron chi connectivity index (χ0n) is 11.0. The first-order valence-electron chi connectivity index (χ1n) is 6.13. The molecule has 0 aliphatic rings. The van der Waals surface area contributed by atoms with Crippen molar-refractivity contribution in [3.63, 3.8) is 0 Å². The first-order chi connectivity index (χ1) is 8.58. The summed E-state index contributed by atoms with van der Waals surface area (Å²) in [6, 6.07) is 13.6. The first kappa shape index (κ1) is 12.5. The number of ether oxygens (including phenoxy) is 1. The third kappa shape index (κ3) is 2.65. The average Bonchev–Trinajstić information content (AvgIpc) is 2.33. The molecule has 1 N–H and O–H groups in total. The number of rotatable bonds is 3. The zero-order chi connectivity index (χ0) is 13.1. The fraction of sp³-hybridized carbons (Fsp3) is 0.250. The largest absolute Gasteiger partial charge is 0.508 e. The van der Waals surface area contributed by atoms with Gasteiger partial charge < -0.3 is 9.84 Å². The summed E-state index contributed by atoms with van der Waals surface area (Å²) in [6.07, 6.45) is 0.143. The minimum absolute atomic E-state index is 0.143. The minimum atomic E-state index is 0.143. The van der Waals surface area contributed by atoms with Crippen molar-refractivity contribution in [2.75, 3.05) is 0 Å². The Labute approximate surface area is 108 Å². The lowest BCUT2D eigenvalue weighted by molar-refractivity contribution is 0.243. The van der Waals surface area contributed by atoms with Gasteiger partial charge >= 0.3 is 0 Å². The van der Waals surface area contributed by atoms with Crippen LogP contribution in [0.5, 0.6) is 11.5 Å². The molecule has 0 spiro atoms. The maximum Gasteiger partial charge on any atom is 0.127 e. The lowest BCUT2D eigenvalue weighted by atomic mass is 10.0. The summed E-state index contributed by atoms with van der Waals surface area (Å²) in [4.78, 5) is 0. The van der Waals surface area contributed by atoms with E-state index < -0.39 is 0 Å². The van der Waals surface area contributed by atoms with Crippen molar-refractivity contribution in [3.8, 4) is 22.6 Å². The van der Waals surface area contributed by atoms with E-state index >= 15 is 0 Å². The van der Waals surface area contributed by atoms with Gasteiger partial charge in [-0.05, 0) is 50.1 Å². The predicted molar refractivity (Wildman–Crippen MR) is 74.0 cm³/mol. The predicted octanol–water partition coefficient (Wildman–Crippen LogP) is 4.15. The molecule has 94 valence electrons. The number of phenols is 1. The number of aromatic hydroxyl groups is 1. The number of hydrogen-bond acceptors (Lipinski definition) is 2. The van der Waals surface area contributed by atoms with E-state index in [1.165, 1.54) is 0 Å². The number of benzene rings is 2. The van der Waals surface area contributed by atoms with Crippen molar-refractivity contribution in [2.24, 2.45) is 0 Å². The molecule has 0 unspecified atom stereocenters. The van der Waals surface area contributed by atoms with Gasteiger partial charge in [0.05, 0.1) is 6.10 Å². The van der Waals surface area contributed by atoms with Crippen LogP contribution in [0.15, 0.2) is 42.5 Å². The van der Waals surface area contributed by atoms with Crippen molar-refractivity contribution in [3.05, 3.63) is 48.0 Å². The Kier molecular flexibility index (Phi) is 3.56. The molecule has 0 heterocycles. The highest BCUT2D eigenvalue weighted by Crippen LogP contribution is 2.32. The van der Waals surface area contributed by atoms with Crippen molar-refractivity contribution in [1.82, 2.24) is 0 Å². The van der Waals surface area contributed by atoms with Gasteiger partial charge in [0, 0.05) is 5.56 Å². The smallest absolute Gasteiger partial charge is 0.127 e. The fourth-order valence-corrected chi connectivity index (χ4v) is 1.88. The SMILES string of the molecule is Cc1cc(-c2ccccc2OC(C)C)ccc1O. The lowest BCUT2D eigenvalue weighted by Gasteiger charge is -2.14. The normalized spacial score (nSPS) is 10.7. The minimum Gasteiger partial charge on any atom is -0.508 e. The molecular weight excluding hydrogens is 224 g/mol. The molecule has 0 bridgehead atoms. The molecule has 0 atom stereocenters. The first-order valence-corrected chi connectivity index (χ1v) is 6.13. The average molecular weight is 242 g/mol. The molecular formula is C16H18O2. The summed E-state index contributed by atoms with van der Waals surface area (Å²) < 4.78 is 5.81. The van der Waals surface area contributed by atoms with Gasteiger partial charge in [-0.15, -0.1) is 0 Å². The van der Waals surface area contributed by atoms with Crippen molar-refractivity contribution >= 4 is 0 Å². The van der Waals surface area contributed by atoms with Gasteiger partial charge in [0.2, 0.25) is 0 Å². The van der Waals surface area contributed by atoms with Crippen LogP contribution < -0.4 is 4.74 Å². The van der Waals surface area contributed by atoms with Gasteiger partial charge in [-0.25, -0.2) is 0 Å².